The van der Waals surface area contributed by atoms with Crippen LogP contribution in [0.2, 0.25) is 0 Å². The molecule has 0 aliphatic heterocycles. The highest BCUT2D eigenvalue weighted by Crippen LogP contribution is 2.36. The molecular formula is C29H32O6. The van der Waals surface area contributed by atoms with Gasteiger partial charge in [0.25, 0.3) is 0 Å². The van der Waals surface area contributed by atoms with Gasteiger partial charge in [-0.3, -0.25) is 4.79 Å². The van der Waals surface area contributed by atoms with Gasteiger partial charge >= 0.3 is 0 Å². The molecule has 0 heterocycles. The second kappa shape index (κ2) is 13.1. The highest BCUT2D eigenvalue weighted by Gasteiger charge is 2.13. The Bertz CT molecular complexity index is 1140. The molecule has 0 spiro atoms. The fourth-order valence-corrected chi connectivity index (χ4v) is 3.44. The number of aromatic hydroxyl groups is 1. The monoisotopic (exact) mass is 476 g/mol. The molecule has 0 aliphatic rings. The number of unbranched alkanes of at least 4 members (excludes halogenated alkanes) is 2. The van der Waals surface area contributed by atoms with Crippen LogP contribution >= 0.6 is 0 Å². The van der Waals surface area contributed by atoms with Crippen LogP contribution in [-0.2, 0) is 6.61 Å². The third-order valence-corrected chi connectivity index (χ3v) is 5.42. The number of phenols is 1. The van der Waals surface area contributed by atoms with Crippen molar-refractivity contribution in [3.8, 4) is 28.7 Å². The second-order valence-electron chi connectivity index (χ2n) is 7.95. The molecule has 184 valence electrons. The number of allylic oxidation sites excluding steroid dienone is 1. The van der Waals surface area contributed by atoms with Gasteiger partial charge in [0.2, 0.25) is 0 Å². The van der Waals surface area contributed by atoms with Crippen molar-refractivity contribution in [3.63, 3.8) is 0 Å². The maximum atomic E-state index is 12.7. The lowest BCUT2D eigenvalue weighted by Gasteiger charge is -2.15. The molecule has 6 nitrogen and oxygen atoms in total. The van der Waals surface area contributed by atoms with E-state index in [1.54, 1.807) is 30.3 Å². The van der Waals surface area contributed by atoms with Crippen molar-refractivity contribution in [2.45, 2.75) is 32.8 Å². The van der Waals surface area contributed by atoms with Crippen molar-refractivity contribution in [3.05, 3.63) is 83.4 Å². The molecule has 1 N–H and O–H groups in total. The van der Waals surface area contributed by atoms with E-state index >= 15 is 0 Å². The van der Waals surface area contributed by atoms with Gasteiger partial charge in [0.05, 0.1) is 20.8 Å². The fourth-order valence-electron chi connectivity index (χ4n) is 3.44. The first kappa shape index (κ1) is 25.7. The zero-order valence-corrected chi connectivity index (χ0v) is 20.5. The number of carbonyl (C=O) groups is 1. The smallest absolute Gasteiger partial charge is 0.185 e. The number of methoxy groups -OCH3 is 2. The summed E-state index contributed by atoms with van der Waals surface area (Å²) < 4.78 is 22.4. The average molecular weight is 477 g/mol. The van der Waals surface area contributed by atoms with E-state index in [-0.39, 0.29) is 11.5 Å². The summed E-state index contributed by atoms with van der Waals surface area (Å²) in [5.74, 6) is 1.74. The predicted molar refractivity (Wildman–Crippen MR) is 137 cm³/mol. The van der Waals surface area contributed by atoms with Crippen LogP contribution in [0.4, 0.5) is 0 Å². The van der Waals surface area contributed by atoms with Crippen LogP contribution in [0.3, 0.4) is 0 Å². The lowest BCUT2D eigenvalue weighted by molar-refractivity contribution is 0.104. The summed E-state index contributed by atoms with van der Waals surface area (Å²) in [5, 5.41) is 10.6. The number of phenolic OH excluding ortho intramolecular Hbond substituents is 1. The average Bonchev–Trinajstić information content (AvgIpc) is 2.89. The Morgan fingerprint density at radius 2 is 1.60 bits per heavy atom. The SMILES string of the molecule is CCCCCOc1cc(C=CC(=O)c2ccc(OC)c(OC)c2)c(O)cc1OCc1ccccc1. The molecule has 0 bridgehead atoms. The van der Waals surface area contributed by atoms with Crippen LogP contribution in [0.1, 0.15) is 47.7 Å². The third-order valence-electron chi connectivity index (χ3n) is 5.42. The number of hydrogen-bond acceptors (Lipinski definition) is 6. The summed E-state index contributed by atoms with van der Waals surface area (Å²) in [5.41, 5.74) is 1.90. The molecule has 0 saturated heterocycles. The van der Waals surface area contributed by atoms with Crippen molar-refractivity contribution in [2.75, 3.05) is 20.8 Å². The van der Waals surface area contributed by atoms with Crippen molar-refractivity contribution < 1.29 is 28.8 Å². The summed E-state index contributed by atoms with van der Waals surface area (Å²) >= 11 is 0. The van der Waals surface area contributed by atoms with E-state index in [2.05, 4.69) is 6.92 Å². The number of ether oxygens (including phenoxy) is 4. The fraction of sp³-hybridized carbons (Fsp3) is 0.276. The van der Waals surface area contributed by atoms with Crippen molar-refractivity contribution in [2.24, 2.45) is 0 Å². The first-order valence-corrected chi connectivity index (χ1v) is 11.7. The van der Waals surface area contributed by atoms with Gasteiger partial charge in [-0.15, -0.1) is 0 Å². The molecule has 0 fully saturated rings. The molecule has 3 aromatic rings. The minimum atomic E-state index is -0.236. The van der Waals surface area contributed by atoms with Crippen LogP contribution in [0, 0.1) is 0 Å². The highest BCUT2D eigenvalue weighted by atomic mass is 16.5. The van der Waals surface area contributed by atoms with E-state index in [4.69, 9.17) is 18.9 Å². The maximum Gasteiger partial charge on any atom is 0.185 e. The topological polar surface area (TPSA) is 74.2 Å². The summed E-state index contributed by atoms with van der Waals surface area (Å²) in [6.45, 7) is 3.01. The Morgan fingerprint density at radius 3 is 2.31 bits per heavy atom. The zero-order chi connectivity index (χ0) is 25.0. The minimum absolute atomic E-state index is 0.00895. The van der Waals surface area contributed by atoms with Crippen LogP contribution in [0.25, 0.3) is 6.08 Å². The van der Waals surface area contributed by atoms with Gasteiger partial charge in [-0.25, -0.2) is 0 Å². The lowest BCUT2D eigenvalue weighted by Crippen LogP contribution is -2.02. The number of carbonyl (C=O) groups excluding carboxylic acids is 1. The number of rotatable bonds is 13. The van der Waals surface area contributed by atoms with Crippen LogP contribution in [-0.4, -0.2) is 31.7 Å². The van der Waals surface area contributed by atoms with Gasteiger partial charge in [-0.05, 0) is 48.4 Å². The molecule has 35 heavy (non-hydrogen) atoms. The van der Waals surface area contributed by atoms with Gasteiger partial charge in [0, 0.05) is 17.2 Å². The number of benzene rings is 3. The van der Waals surface area contributed by atoms with E-state index in [1.807, 2.05) is 30.3 Å². The molecule has 3 aromatic carbocycles. The third kappa shape index (κ3) is 7.27. The van der Waals surface area contributed by atoms with Gasteiger partial charge in [-0.1, -0.05) is 50.1 Å². The normalized spacial score (nSPS) is 10.8. The van der Waals surface area contributed by atoms with E-state index in [9.17, 15) is 9.90 Å². The molecule has 0 aromatic heterocycles. The molecule has 0 saturated carbocycles. The lowest BCUT2D eigenvalue weighted by atomic mass is 10.1. The molecule has 6 heteroatoms. The summed E-state index contributed by atoms with van der Waals surface area (Å²) in [7, 11) is 3.06. The summed E-state index contributed by atoms with van der Waals surface area (Å²) in [6.07, 6.45) is 6.03. The summed E-state index contributed by atoms with van der Waals surface area (Å²) in [6, 6.07) is 18.0. The Hall–Kier alpha value is -3.93. The van der Waals surface area contributed by atoms with Crippen molar-refractivity contribution in [1.29, 1.82) is 0 Å². The molecular weight excluding hydrogens is 444 g/mol. The Labute approximate surface area is 206 Å². The van der Waals surface area contributed by atoms with Crippen LogP contribution in [0.5, 0.6) is 28.7 Å². The largest absolute Gasteiger partial charge is 0.507 e. The predicted octanol–water partition coefficient (Wildman–Crippen LogP) is 6.45. The molecule has 3 rings (SSSR count). The van der Waals surface area contributed by atoms with Crippen LogP contribution < -0.4 is 18.9 Å². The summed E-state index contributed by atoms with van der Waals surface area (Å²) in [4.78, 5) is 12.7. The van der Waals surface area contributed by atoms with Gasteiger partial charge < -0.3 is 24.1 Å². The van der Waals surface area contributed by atoms with Gasteiger partial charge in [0.1, 0.15) is 12.4 Å². The number of hydrogen-bond donors (Lipinski definition) is 1. The molecule has 0 unspecified atom stereocenters. The Morgan fingerprint density at radius 1 is 0.857 bits per heavy atom. The zero-order valence-electron chi connectivity index (χ0n) is 20.5. The number of ketones is 1. The first-order valence-electron chi connectivity index (χ1n) is 11.7. The minimum Gasteiger partial charge on any atom is -0.507 e. The van der Waals surface area contributed by atoms with E-state index < -0.39 is 0 Å². The molecule has 0 aliphatic carbocycles. The Kier molecular flexibility index (Phi) is 9.60. The standard InChI is InChI=1S/C29H32O6/c1-4-5-9-16-34-28-18-23(25(31)19-29(28)35-20-21-10-7-6-8-11-21)12-14-24(30)22-13-15-26(32-2)27(17-22)33-3/h6-8,10-15,17-19,31H,4-5,9,16,20H2,1-3H3. The van der Waals surface area contributed by atoms with E-state index in [0.29, 0.717) is 47.3 Å². The van der Waals surface area contributed by atoms with Crippen LogP contribution in [0.15, 0.2) is 66.7 Å². The highest BCUT2D eigenvalue weighted by molar-refractivity contribution is 6.07. The maximum absolute atomic E-state index is 12.7. The first-order chi connectivity index (χ1) is 17.0. The van der Waals surface area contributed by atoms with E-state index in [1.165, 1.54) is 26.4 Å². The van der Waals surface area contributed by atoms with E-state index in [0.717, 1.165) is 24.8 Å². The molecule has 0 radical (unpaired) electrons. The van der Waals surface area contributed by atoms with Gasteiger partial charge in [-0.2, -0.15) is 0 Å². The van der Waals surface area contributed by atoms with Crippen molar-refractivity contribution in [1.82, 2.24) is 0 Å². The Balaban J connectivity index is 1.81. The van der Waals surface area contributed by atoms with Gasteiger partial charge in [0.15, 0.2) is 28.8 Å². The second-order valence-corrected chi connectivity index (χ2v) is 7.95. The quantitative estimate of drug-likeness (QED) is 0.174. The molecule has 0 amide bonds. The molecule has 0 atom stereocenters. The van der Waals surface area contributed by atoms with Crippen molar-refractivity contribution >= 4 is 11.9 Å².